The summed E-state index contributed by atoms with van der Waals surface area (Å²) in [6, 6.07) is 113. The zero-order valence-electron chi connectivity index (χ0n) is 43.3. The molecule has 0 nitrogen and oxygen atoms in total. The Bertz CT molecular complexity index is 4030. The smallest absolute Gasteiger partial charge is 0.0623 e. The second-order valence-electron chi connectivity index (χ2n) is 21.6. The van der Waals surface area contributed by atoms with E-state index in [4.69, 9.17) is 0 Å². The van der Waals surface area contributed by atoms with E-state index in [-0.39, 0.29) is 5.41 Å². The largest absolute Gasteiger partial charge is 0.179 e. The molecule has 0 saturated carbocycles. The lowest BCUT2D eigenvalue weighted by molar-refractivity contribution is 0.591. The van der Waals surface area contributed by atoms with Gasteiger partial charge in [-0.1, -0.05) is 300 Å². The monoisotopic (exact) mass is 1000 g/mol. The van der Waals surface area contributed by atoms with Gasteiger partial charge in [-0.3, -0.25) is 0 Å². The first-order valence-electron chi connectivity index (χ1n) is 26.7. The zero-order chi connectivity index (χ0) is 51.3. The van der Waals surface area contributed by atoms with Gasteiger partial charge >= 0.3 is 0 Å². The van der Waals surface area contributed by atoms with Crippen molar-refractivity contribution in [2.75, 3.05) is 0 Å². The maximum Gasteiger partial charge on any atom is 0.179 e. The fourth-order valence-electron chi connectivity index (χ4n) is 12.7. The summed E-state index contributed by atoms with van der Waals surface area (Å²) in [6.07, 6.45) is 0. The third kappa shape index (κ3) is 7.87. The molecule has 0 atom stereocenters. The maximum atomic E-state index is 2.49. The van der Waals surface area contributed by atoms with Crippen LogP contribution >= 0.6 is 0 Å². The summed E-state index contributed by atoms with van der Waals surface area (Å²) >= 11 is 0. The molecule has 13 aromatic carbocycles. The number of rotatable bonds is 10. The van der Waals surface area contributed by atoms with E-state index in [1.807, 2.05) is 0 Å². The SMILES string of the molecule is CC(C)(C)c1ccc2c(-c3ccc4cc([Si](c5ccccc5)(c5ccccc5)c5ccccc5)ccc4c3)c3ccccc3c(-c3ccc4cc([Si](c5ccccc5)(c5ccccc5)c5ccccc5)ccc4c3)c2c1. The number of hydrogen-bond acceptors (Lipinski definition) is 0. The van der Waals surface area contributed by atoms with Crippen LogP contribution in [-0.4, -0.2) is 16.1 Å². The lowest BCUT2D eigenvalue weighted by atomic mass is 9.81. The Morgan fingerprint density at radius 1 is 0.224 bits per heavy atom. The molecule has 0 N–H and O–H groups in total. The van der Waals surface area contributed by atoms with Crippen molar-refractivity contribution in [3.8, 4) is 22.3 Å². The van der Waals surface area contributed by atoms with Crippen LogP contribution in [0.4, 0.5) is 0 Å². The van der Waals surface area contributed by atoms with Crippen molar-refractivity contribution in [2.24, 2.45) is 0 Å². The summed E-state index contributed by atoms with van der Waals surface area (Å²) < 4.78 is 0. The van der Waals surface area contributed by atoms with Gasteiger partial charge in [-0.15, -0.1) is 0 Å². The van der Waals surface area contributed by atoms with Gasteiger partial charge in [0.15, 0.2) is 16.1 Å². The molecule has 13 rings (SSSR count). The topological polar surface area (TPSA) is 0 Å². The highest BCUT2D eigenvalue weighted by Gasteiger charge is 2.43. The molecule has 13 aromatic rings. The van der Waals surface area contributed by atoms with E-state index in [1.165, 1.54) is 112 Å². The molecule has 0 bridgehead atoms. The van der Waals surface area contributed by atoms with E-state index in [0.717, 1.165) is 0 Å². The Hall–Kier alpha value is -8.67. The Kier molecular flexibility index (Phi) is 11.9. The maximum absolute atomic E-state index is 2.70. The Morgan fingerprint density at radius 3 is 0.855 bits per heavy atom. The molecule has 0 spiro atoms. The average molecular weight is 1000 g/mol. The first-order chi connectivity index (χ1) is 37.3. The van der Waals surface area contributed by atoms with Gasteiger partial charge in [-0.25, -0.2) is 0 Å². The zero-order valence-corrected chi connectivity index (χ0v) is 45.3. The Balaban J connectivity index is 0.984. The van der Waals surface area contributed by atoms with Crippen LogP contribution < -0.4 is 41.5 Å². The van der Waals surface area contributed by atoms with E-state index in [9.17, 15) is 0 Å². The van der Waals surface area contributed by atoms with Crippen molar-refractivity contribution < 1.29 is 0 Å². The highest BCUT2D eigenvalue weighted by atomic mass is 28.3. The van der Waals surface area contributed by atoms with Crippen molar-refractivity contribution in [1.29, 1.82) is 0 Å². The molecule has 2 heteroatoms. The van der Waals surface area contributed by atoms with Crippen molar-refractivity contribution >= 4 is 101 Å². The molecule has 76 heavy (non-hydrogen) atoms. The van der Waals surface area contributed by atoms with Crippen LogP contribution in [-0.2, 0) is 5.41 Å². The number of fused-ring (bicyclic) bond motifs is 4. The fraction of sp³-hybridized carbons (Fsp3) is 0.0541. The minimum Gasteiger partial charge on any atom is -0.0623 e. The molecule has 0 aromatic heterocycles. The fourth-order valence-corrected chi connectivity index (χ4v) is 22.2. The quantitative estimate of drug-likeness (QED) is 0.0728. The van der Waals surface area contributed by atoms with Crippen LogP contribution in [0.2, 0.25) is 0 Å². The molecule has 0 radical (unpaired) electrons. The molecule has 0 fully saturated rings. The number of benzene rings is 13. The molecule has 362 valence electrons. The molecule has 0 aliphatic heterocycles. The summed E-state index contributed by atoms with van der Waals surface area (Å²) in [6.45, 7) is 6.99. The van der Waals surface area contributed by atoms with Crippen LogP contribution in [0, 0.1) is 0 Å². The summed E-state index contributed by atoms with van der Waals surface area (Å²) in [5.74, 6) is 0. The van der Waals surface area contributed by atoms with Gasteiger partial charge in [0, 0.05) is 0 Å². The van der Waals surface area contributed by atoms with Crippen LogP contribution in [0.15, 0.2) is 297 Å². The summed E-state index contributed by atoms with van der Waals surface area (Å²) in [4.78, 5) is 0. The van der Waals surface area contributed by atoms with Crippen molar-refractivity contribution in [2.45, 2.75) is 26.2 Å². The van der Waals surface area contributed by atoms with Gasteiger partial charge < -0.3 is 0 Å². The molecular weight excluding hydrogens is 945 g/mol. The molecule has 0 amide bonds. The van der Waals surface area contributed by atoms with Crippen molar-refractivity contribution in [3.05, 3.63) is 303 Å². The third-order valence-electron chi connectivity index (χ3n) is 16.3. The molecule has 0 aliphatic rings. The van der Waals surface area contributed by atoms with Crippen molar-refractivity contribution in [1.82, 2.24) is 0 Å². The van der Waals surface area contributed by atoms with Gasteiger partial charge in [0.05, 0.1) is 0 Å². The highest BCUT2D eigenvalue weighted by molar-refractivity contribution is 7.20. The summed E-state index contributed by atoms with van der Waals surface area (Å²) in [5, 5.41) is 21.1. The van der Waals surface area contributed by atoms with Gasteiger partial charge in [0.2, 0.25) is 0 Å². The predicted molar refractivity (Wildman–Crippen MR) is 333 cm³/mol. The van der Waals surface area contributed by atoms with E-state index >= 15 is 0 Å². The summed E-state index contributed by atoms with van der Waals surface area (Å²) in [5.41, 5.74) is 6.29. The van der Waals surface area contributed by atoms with Crippen molar-refractivity contribution in [3.63, 3.8) is 0 Å². The Morgan fingerprint density at radius 2 is 0.513 bits per heavy atom. The third-order valence-corrected chi connectivity index (χ3v) is 25.8. The summed E-state index contributed by atoms with van der Waals surface area (Å²) in [7, 11) is -5.40. The first kappa shape index (κ1) is 47.1. The van der Waals surface area contributed by atoms with Crippen LogP contribution in [0.1, 0.15) is 26.3 Å². The van der Waals surface area contributed by atoms with E-state index in [0.29, 0.717) is 0 Å². The van der Waals surface area contributed by atoms with E-state index in [1.54, 1.807) is 0 Å². The minimum absolute atomic E-state index is 0.0395. The second-order valence-corrected chi connectivity index (χ2v) is 29.2. The molecule has 0 aliphatic carbocycles. The highest BCUT2D eigenvalue weighted by Crippen LogP contribution is 2.46. The van der Waals surface area contributed by atoms with Gasteiger partial charge in [-0.2, -0.15) is 0 Å². The van der Waals surface area contributed by atoms with Gasteiger partial charge in [0.1, 0.15) is 0 Å². The number of hydrogen-bond donors (Lipinski definition) is 0. The lowest BCUT2D eigenvalue weighted by Crippen LogP contribution is -2.74. The molecular formula is C74H58Si2. The van der Waals surface area contributed by atoms with Crippen LogP contribution in [0.25, 0.3) is 65.3 Å². The molecule has 0 saturated heterocycles. The normalized spacial score (nSPS) is 12.1. The predicted octanol–water partition coefficient (Wildman–Crippen LogP) is 13.7. The van der Waals surface area contributed by atoms with E-state index < -0.39 is 16.1 Å². The first-order valence-corrected chi connectivity index (χ1v) is 30.7. The molecule has 0 heterocycles. The lowest BCUT2D eigenvalue weighted by Gasteiger charge is -2.34. The van der Waals surface area contributed by atoms with Crippen LogP contribution in [0.3, 0.4) is 0 Å². The Labute approximate surface area is 449 Å². The minimum atomic E-state index is -2.70. The molecule has 0 unspecified atom stereocenters. The van der Waals surface area contributed by atoms with Gasteiger partial charge in [0.25, 0.3) is 0 Å². The van der Waals surface area contributed by atoms with Crippen LogP contribution in [0.5, 0.6) is 0 Å². The second kappa shape index (κ2) is 19.2. The average Bonchev–Trinajstić information content (AvgIpc) is 3.59. The van der Waals surface area contributed by atoms with Gasteiger partial charge in [-0.05, 0) is 136 Å². The standard InChI is InChI=1S/C74H58Si2/c1-74(2,3)59-44-47-70-71(52-59)73(58-41-39-56-51-67(46-43-54(56)49-58)76(63-30-16-7-17-31-63,64-32-18-8-19-33-64)65-34-20-9-21-35-65)69-37-23-22-36-68(69)72(70)57-40-38-55-50-66(45-42-53(55)48-57)75(60-24-10-4-11-25-60,61-26-12-5-13-27-61)62-28-14-6-15-29-62/h4-52H,1-3H3. The van der Waals surface area contributed by atoms with E-state index in [2.05, 4.69) is 318 Å².